The molecule has 2 nitrogen and oxygen atoms in total. The molecule has 0 aliphatic heterocycles. The number of hydrogen-bond acceptors (Lipinski definition) is 2. The van der Waals surface area contributed by atoms with E-state index in [4.69, 9.17) is 9.15 Å². The maximum Gasteiger partial charge on any atom is 0.135 e. The Hall–Kier alpha value is -2.48. The van der Waals surface area contributed by atoms with Gasteiger partial charge in [-0.1, -0.05) is 83.4 Å². The molecule has 0 unspecified atom stereocenters. The Balaban J connectivity index is 1.82. The zero-order valence-corrected chi connectivity index (χ0v) is 18.3. The monoisotopic (exact) mass is 390 g/mol. The molecule has 0 bridgehead atoms. The Morgan fingerprint density at radius 2 is 1.76 bits per heavy atom. The van der Waals surface area contributed by atoms with Crippen LogP contribution >= 0.6 is 0 Å². The standard InChI is InChI=1S/C27H34O2/c1-5-6-7-8-9-13-16-22-19-23-24(29-22)17-18-25(26(23)27(2,3)4)28-20-21-14-11-10-12-15-21/h10-19H,5-9,20H2,1-4H3/b16-13+. The second kappa shape index (κ2) is 9.82. The SMILES string of the molecule is CCCCCC/C=C/c1cc2c(C(C)(C)C)c(OCc3ccccc3)ccc2o1. The summed E-state index contributed by atoms with van der Waals surface area (Å²) in [7, 11) is 0. The van der Waals surface area contributed by atoms with Gasteiger partial charge in [0.05, 0.1) is 0 Å². The van der Waals surface area contributed by atoms with E-state index in [-0.39, 0.29) is 5.41 Å². The van der Waals surface area contributed by atoms with E-state index in [2.05, 4.69) is 58.0 Å². The summed E-state index contributed by atoms with van der Waals surface area (Å²) in [5.74, 6) is 1.85. The number of fused-ring (bicyclic) bond motifs is 1. The first-order valence-corrected chi connectivity index (χ1v) is 10.9. The van der Waals surface area contributed by atoms with Crippen LogP contribution in [0.4, 0.5) is 0 Å². The minimum Gasteiger partial charge on any atom is -0.489 e. The number of allylic oxidation sites excluding steroid dienone is 1. The fraction of sp³-hybridized carbons (Fsp3) is 0.407. The molecule has 29 heavy (non-hydrogen) atoms. The molecule has 154 valence electrons. The van der Waals surface area contributed by atoms with Gasteiger partial charge in [0.15, 0.2) is 0 Å². The van der Waals surface area contributed by atoms with Crippen molar-refractivity contribution in [1.82, 2.24) is 0 Å². The normalized spacial score (nSPS) is 12.1. The molecule has 2 heteroatoms. The topological polar surface area (TPSA) is 22.4 Å². The summed E-state index contributed by atoms with van der Waals surface area (Å²) >= 11 is 0. The second-order valence-electron chi connectivity index (χ2n) is 8.78. The summed E-state index contributed by atoms with van der Waals surface area (Å²) in [6.07, 6.45) is 10.6. The number of rotatable bonds is 9. The maximum atomic E-state index is 6.24. The van der Waals surface area contributed by atoms with Gasteiger partial charge in [-0.3, -0.25) is 0 Å². The first-order chi connectivity index (χ1) is 14.0. The molecule has 0 saturated carbocycles. The smallest absolute Gasteiger partial charge is 0.135 e. The van der Waals surface area contributed by atoms with Gasteiger partial charge in [-0.25, -0.2) is 0 Å². The lowest BCUT2D eigenvalue weighted by Gasteiger charge is -2.23. The third kappa shape index (κ3) is 5.76. The maximum absolute atomic E-state index is 6.24. The van der Waals surface area contributed by atoms with Crippen molar-refractivity contribution >= 4 is 17.0 Å². The molecule has 3 aromatic rings. The molecule has 2 aromatic carbocycles. The van der Waals surface area contributed by atoms with E-state index in [0.717, 1.165) is 28.9 Å². The highest BCUT2D eigenvalue weighted by atomic mass is 16.5. The fourth-order valence-electron chi connectivity index (χ4n) is 3.71. The molecule has 0 saturated heterocycles. The van der Waals surface area contributed by atoms with Crippen LogP contribution < -0.4 is 4.74 Å². The van der Waals surface area contributed by atoms with E-state index in [1.807, 2.05) is 30.3 Å². The predicted octanol–water partition coefficient (Wildman–Crippen LogP) is 8.29. The van der Waals surface area contributed by atoms with Crippen LogP contribution in [0.25, 0.3) is 17.0 Å². The van der Waals surface area contributed by atoms with Gasteiger partial charge in [-0.05, 0) is 48.1 Å². The van der Waals surface area contributed by atoms with Crippen molar-refractivity contribution in [2.45, 2.75) is 71.8 Å². The lowest BCUT2D eigenvalue weighted by molar-refractivity contribution is 0.298. The second-order valence-corrected chi connectivity index (χ2v) is 8.78. The van der Waals surface area contributed by atoms with E-state index in [9.17, 15) is 0 Å². The quantitative estimate of drug-likeness (QED) is 0.343. The number of furan rings is 1. The molecule has 0 atom stereocenters. The summed E-state index contributed by atoms with van der Waals surface area (Å²) in [5.41, 5.74) is 3.26. The summed E-state index contributed by atoms with van der Waals surface area (Å²) in [5, 5.41) is 1.15. The summed E-state index contributed by atoms with van der Waals surface area (Å²) in [6.45, 7) is 9.50. The van der Waals surface area contributed by atoms with Crippen molar-refractivity contribution in [3.63, 3.8) is 0 Å². The van der Waals surface area contributed by atoms with Crippen molar-refractivity contribution in [2.24, 2.45) is 0 Å². The van der Waals surface area contributed by atoms with Crippen LogP contribution in [0.3, 0.4) is 0 Å². The highest BCUT2D eigenvalue weighted by Gasteiger charge is 2.24. The van der Waals surface area contributed by atoms with Gasteiger partial charge in [0.2, 0.25) is 0 Å². The van der Waals surface area contributed by atoms with Crippen molar-refractivity contribution in [3.05, 3.63) is 71.5 Å². The lowest BCUT2D eigenvalue weighted by atomic mass is 9.84. The number of unbranched alkanes of at least 4 members (excludes halogenated alkanes) is 4. The molecular formula is C27H34O2. The highest BCUT2D eigenvalue weighted by Crippen LogP contribution is 2.39. The predicted molar refractivity (Wildman–Crippen MR) is 123 cm³/mol. The largest absolute Gasteiger partial charge is 0.489 e. The van der Waals surface area contributed by atoms with Crippen LogP contribution in [0.15, 0.2) is 59.0 Å². The third-order valence-corrected chi connectivity index (χ3v) is 5.18. The Morgan fingerprint density at radius 3 is 2.48 bits per heavy atom. The minimum atomic E-state index is -0.0451. The molecule has 0 aliphatic rings. The summed E-state index contributed by atoms with van der Waals surface area (Å²) in [6, 6.07) is 16.5. The minimum absolute atomic E-state index is 0.0451. The molecule has 0 spiro atoms. The molecule has 0 N–H and O–H groups in total. The van der Waals surface area contributed by atoms with Crippen LogP contribution in [0.1, 0.15) is 76.7 Å². The van der Waals surface area contributed by atoms with E-state index in [1.54, 1.807) is 0 Å². The van der Waals surface area contributed by atoms with E-state index in [0.29, 0.717) is 6.61 Å². The van der Waals surface area contributed by atoms with Crippen molar-refractivity contribution < 1.29 is 9.15 Å². The zero-order chi connectivity index (χ0) is 20.7. The molecule has 3 rings (SSSR count). The Kier molecular flexibility index (Phi) is 7.19. The van der Waals surface area contributed by atoms with Gasteiger partial charge in [0.1, 0.15) is 23.7 Å². The molecule has 1 aromatic heterocycles. The Bertz CT molecular complexity index is 926. The lowest BCUT2D eigenvalue weighted by Crippen LogP contribution is -2.14. The number of hydrogen-bond donors (Lipinski definition) is 0. The molecule has 0 aliphatic carbocycles. The number of benzene rings is 2. The summed E-state index contributed by atoms with van der Waals surface area (Å²) < 4.78 is 12.4. The first-order valence-electron chi connectivity index (χ1n) is 10.9. The number of ether oxygens (including phenoxy) is 1. The van der Waals surface area contributed by atoms with Crippen molar-refractivity contribution in [3.8, 4) is 5.75 Å². The van der Waals surface area contributed by atoms with Crippen LogP contribution in [-0.2, 0) is 12.0 Å². The fourth-order valence-corrected chi connectivity index (χ4v) is 3.71. The zero-order valence-electron chi connectivity index (χ0n) is 18.3. The van der Waals surface area contributed by atoms with Crippen LogP contribution in [-0.4, -0.2) is 0 Å². The van der Waals surface area contributed by atoms with E-state index >= 15 is 0 Å². The average Bonchev–Trinajstić information content (AvgIpc) is 3.11. The van der Waals surface area contributed by atoms with Gasteiger partial charge in [0.25, 0.3) is 0 Å². The molecular weight excluding hydrogens is 356 g/mol. The van der Waals surface area contributed by atoms with Gasteiger partial charge >= 0.3 is 0 Å². The third-order valence-electron chi connectivity index (χ3n) is 5.18. The molecule has 0 fully saturated rings. The first kappa shape index (κ1) is 21.2. The van der Waals surface area contributed by atoms with Gasteiger partial charge in [-0.2, -0.15) is 0 Å². The van der Waals surface area contributed by atoms with Gasteiger partial charge < -0.3 is 9.15 Å². The van der Waals surface area contributed by atoms with Crippen LogP contribution in [0.2, 0.25) is 0 Å². The van der Waals surface area contributed by atoms with Crippen molar-refractivity contribution in [2.75, 3.05) is 0 Å². The van der Waals surface area contributed by atoms with E-state index < -0.39 is 0 Å². The van der Waals surface area contributed by atoms with Gasteiger partial charge in [-0.15, -0.1) is 0 Å². The van der Waals surface area contributed by atoms with Crippen LogP contribution in [0, 0.1) is 0 Å². The Morgan fingerprint density at radius 1 is 0.966 bits per heavy atom. The van der Waals surface area contributed by atoms with Crippen molar-refractivity contribution in [1.29, 1.82) is 0 Å². The highest BCUT2D eigenvalue weighted by molar-refractivity contribution is 5.86. The molecule has 1 heterocycles. The molecule has 0 amide bonds. The average molecular weight is 391 g/mol. The van der Waals surface area contributed by atoms with Gasteiger partial charge in [0, 0.05) is 10.9 Å². The van der Waals surface area contributed by atoms with E-state index in [1.165, 1.54) is 36.8 Å². The molecule has 0 radical (unpaired) electrons. The Labute approximate surface area is 175 Å². The summed E-state index contributed by atoms with van der Waals surface area (Å²) in [4.78, 5) is 0. The van der Waals surface area contributed by atoms with Crippen LogP contribution in [0.5, 0.6) is 5.75 Å².